The van der Waals surface area contributed by atoms with Crippen molar-refractivity contribution in [2.45, 2.75) is 20.0 Å². The largest absolute Gasteiger partial charge is 0.309 e. The molecule has 3 rings (SSSR count). The minimum atomic E-state index is -0.239. The summed E-state index contributed by atoms with van der Waals surface area (Å²) in [5.41, 5.74) is 0.789. The standard InChI is InChI=1S/C14H14N4O2S2/c1-10-9-22-14(20)17(10)8-13(19)16-12-4-5-15-18(12)7-11-3-2-6-21-11/h2-6,9H,7-8H2,1H3,(H,16,19). The number of anilines is 1. The minimum absolute atomic E-state index is 0.0123. The van der Waals surface area contributed by atoms with E-state index >= 15 is 0 Å². The molecule has 3 aromatic rings. The minimum Gasteiger partial charge on any atom is -0.309 e. The number of aryl methyl sites for hydroxylation is 1. The number of amides is 1. The number of hydrogen-bond acceptors (Lipinski definition) is 5. The highest BCUT2D eigenvalue weighted by atomic mass is 32.1. The van der Waals surface area contributed by atoms with Gasteiger partial charge in [-0.25, -0.2) is 4.68 Å². The Bertz CT molecular complexity index is 829. The van der Waals surface area contributed by atoms with E-state index in [0.29, 0.717) is 12.4 Å². The molecule has 0 radical (unpaired) electrons. The molecule has 3 aromatic heterocycles. The van der Waals surface area contributed by atoms with Gasteiger partial charge in [-0.2, -0.15) is 5.10 Å². The molecule has 0 aliphatic carbocycles. The number of carbonyl (C=O) groups excluding carboxylic acids is 1. The van der Waals surface area contributed by atoms with E-state index in [9.17, 15) is 9.59 Å². The molecule has 114 valence electrons. The molecular weight excluding hydrogens is 320 g/mol. The maximum atomic E-state index is 12.1. The maximum Gasteiger partial charge on any atom is 0.307 e. The van der Waals surface area contributed by atoms with Crippen LogP contribution in [0, 0.1) is 6.92 Å². The first-order valence-corrected chi connectivity index (χ1v) is 8.38. The van der Waals surface area contributed by atoms with Gasteiger partial charge in [0.25, 0.3) is 0 Å². The fraction of sp³-hybridized carbons (Fsp3) is 0.214. The summed E-state index contributed by atoms with van der Waals surface area (Å²) in [6, 6.07) is 5.74. The third-order valence-electron chi connectivity index (χ3n) is 3.15. The molecule has 0 bridgehead atoms. The van der Waals surface area contributed by atoms with Gasteiger partial charge >= 0.3 is 4.87 Å². The molecule has 0 aliphatic rings. The van der Waals surface area contributed by atoms with Gasteiger partial charge in [-0.1, -0.05) is 17.4 Å². The average molecular weight is 334 g/mol. The lowest BCUT2D eigenvalue weighted by Crippen LogP contribution is -2.26. The first kappa shape index (κ1) is 14.7. The van der Waals surface area contributed by atoms with Gasteiger partial charge in [0, 0.05) is 22.0 Å². The van der Waals surface area contributed by atoms with Gasteiger partial charge in [0.1, 0.15) is 12.4 Å². The van der Waals surface area contributed by atoms with E-state index in [0.717, 1.165) is 21.9 Å². The van der Waals surface area contributed by atoms with Gasteiger partial charge < -0.3 is 5.32 Å². The maximum absolute atomic E-state index is 12.1. The SMILES string of the molecule is Cc1csc(=O)n1CC(=O)Nc1ccnn1Cc1cccs1. The smallest absolute Gasteiger partial charge is 0.307 e. The van der Waals surface area contributed by atoms with Crippen molar-refractivity contribution in [1.29, 1.82) is 0 Å². The molecule has 8 heteroatoms. The normalized spacial score (nSPS) is 10.8. The van der Waals surface area contributed by atoms with Crippen LogP contribution in [-0.4, -0.2) is 20.3 Å². The second-order valence-corrected chi connectivity index (χ2v) is 6.58. The molecule has 0 unspecified atom stereocenters. The van der Waals surface area contributed by atoms with Gasteiger partial charge in [-0.15, -0.1) is 11.3 Å². The first-order valence-electron chi connectivity index (χ1n) is 6.62. The molecule has 3 heterocycles. The van der Waals surface area contributed by atoms with E-state index in [-0.39, 0.29) is 17.3 Å². The van der Waals surface area contributed by atoms with Crippen molar-refractivity contribution in [2.75, 3.05) is 5.32 Å². The zero-order valence-electron chi connectivity index (χ0n) is 11.9. The number of aromatic nitrogens is 3. The molecule has 0 saturated carbocycles. The van der Waals surface area contributed by atoms with Crippen molar-refractivity contribution >= 4 is 34.4 Å². The summed E-state index contributed by atoms with van der Waals surface area (Å²) in [5, 5.41) is 10.8. The number of carbonyl (C=O) groups is 1. The lowest BCUT2D eigenvalue weighted by atomic mass is 10.4. The summed E-state index contributed by atoms with van der Waals surface area (Å²) in [6.07, 6.45) is 1.64. The Morgan fingerprint density at radius 3 is 2.91 bits per heavy atom. The topological polar surface area (TPSA) is 68.9 Å². The lowest BCUT2D eigenvalue weighted by Gasteiger charge is -2.09. The van der Waals surface area contributed by atoms with Crippen LogP contribution in [-0.2, 0) is 17.9 Å². The fourth-order valence-corrected chi connectivity index (χ4v) is 3.46. The fourth-order valence-electron chi connectivity index (χ4n) is 2.04. The Labute approximate surface area is 134 Å². The van der Waals surface area contributed by atoms with E-state index in [2.05, 4.69) is 10.4 Å². The van der Waals surface area contributed by atoms with Crippen LogP contribution in [0.2, 0.25) is 0 Å². The van der Waals surface area contributed by atoms with Crippen LogP contribution in [0.25, 0.3) is 0 Å². The van der Waals surface area contributed by atoms with Crippen molar-refractivity contribution in [1.82, 2.24) is 14.3 Å². The van der Waals surface area contributed by atoms with E-state index < -0.39 is 0 Å². The zero-order chi connectivity index (χ0) is 15.5. The summed E-state index contributed by atoms with van der Waals surface area (Å²) in [6.45, 7) is 2.43. The second kappa shape index (κ2) is 6.29. The average Bonchev–Trinajstić information content (AvgIpc) is 3.20. The van der Waals surface area contributed by atoms with Crippen LogP contribution in [0.1, 0.15) is 10.6 Å². The molecule has 0 aromatic carbocycles. The predicted molar refractivity (Wildman–Crippen MR) is 87.6 cm³/mol. The third kappa shape index (κ3) is 3.18. The van der Waals surface area contributed by atoms with Gasteiger partial charge in [0.05, 0.1) is 12.7 Å². The summed E-state index contributed by atoms with van der Waals surface area (Å²) in [5.74, 6) is 0.385. The number of thiazole rings is 1. The molecule has 0 fully saturated rings. The Hall–Kier alpha value is -2.19. The van der Waals surface area contributed by atoms with Crippen LogP contribution >= 0.6 is 22.7 Å². The molecular formula is C14H14N4O2S2. The Balaban J connectivity index is 1.70. The van der Waals surface area contributed by atoms with E-state index in [1.807, 2.05) is 24.4 Å². The van der Waals surface area contributed by atoms with E-state index in [1.54, 1.807) is 33.7 Å². The molecule has 1 amide bonds. The molecule has 0 saturated heterocycles. The molecule has 6 nitrogen and oxygen atoms in total. The number of rotatable bonds is 5. The number of hydrogen-bond donors (Lipinski definition) is 1. The lowest BCUT2D eigenvalue weighted by molar-refractivity contribution is -0.116. The predicted octanol–water partition coefficient (Wildman–Crippen LogP) is 2.16. The number of nitrogens with one attached hydrogen (secondary N) is 1. The van der Waals surface area contributed by atoms with Gasteiger partial charge in [-0.05, 0) is 18.4 Å². The third-order valence-corrected chi connectivity index (χ3v) is 4.89. The summed E-state index contributed by atoms with van der Waals surface area (Å²) in [7, 11) is 0. The highest BCUT2D eigenvalue weighted by Crippen LogP contribution is 2.14. The summed E-state index contributed by atoms with van der Waals surface area (Å²) >= 11 is 2.74. The van der Waals surface area contributed by atoms with Crippen LogP contribution in [0.3, 0.4) is 0 Å². The number of thiophene rings is 1. The van der Waals surface area contributed by atoms with E-state index in [4.69, 9.17) is 0 Å². The summed E-state index contributed by atoms with van der Waals surface area (Å²) in [4.78, 5) is 24.8. The van der Waals surface area contributed by atoms with Crippen molar-refractivity contribution in [2.24, 2.45) is 0 Å². The van der Waals surface area contributed by atoms with Crippen molar-refractivity contribution < 1.29 is 4.79 Å². The molecule has 0 spiro atoms. The van der Waals surface area contributed by atoms with Gasteiger partial charge in [-0.3, -0.25) is 14.2 Å². The zero-order valence-corrected chi connectivity index (χ0v) is 13.5. The Morgan fingerprint density at radius 1 is 1.36 bits per heavy atom. The van der Waals surface area contributed by atoms with Crippen LogP contribution in [0.4, 0.5) is 5.82 Å². The summed E-state index contributed by atoms with van der Waals surface area (Å²) < 4.78 is 3.19. The highest BCUT2D eigenvalue weighted by molar-refractivity contribution is 7.09. The van der Waals surface area contributed by atoms with Crippen molar-refractivity contribution in [3.05, 3.63) is 55.4 Å². The van der Waals surface area contributed by atoms with E-state index in [1.165, 1.54) is 4.57 Å². The van der Waals surface area contributed by atoms with Crippen LogP contribution < -0.4 is 10.2 Å². The Morgan fingerprint density at radius 2 is 2.23 bits per heavy atom. The number of nitrogens with zero attached hydrogens (tertiary/aromatic N) is 3. The molecule has 22 heavy (non-hydrogen) atoms. The van der Waals surface area contributed by atoms with Crippen LogP contribution in [0.5, 0.6) is 0 Å². The first-order chi connectivity index (χ1) is 10.6. The van der Waals surface area contributed by atoms with Crippen molar-refractivity contribution in [3.63, 3.8) is 0 Å². The monoisotopic (exact) mass is 334 g/mol. The van der Waals surface area contributed by atoms with Crippen LogP contribution in [0.15, 0.2) is 40.0 Å². The molecule has 1 N–H and O–H groups in total. The van der Waals surface area contributed by atoms with Gasteiger partial charge in [0.2, 0.25) is 5.91 Å². The Kier molecular flexibility index (Phi) is 4.21. The van der Waals surface area contributed by atoms with Crippen molar-refractivity contribution in [3.8, 4) is 0 Å². The molecule has 0 aliphatic heterocycles. The highest BCUT2D eigenvalue weighted by Gasteiger charge is 2.11. The molecule has 0 atom stereocenters. The van der Waals surface area contributed by atoms with Gasteiger partial charge in [0.15, 0.2) is 0 Å². The quantitative estimate of drug-likeness (QED) is 0.777. The second-order valence-electron chi connectivity index (χ2n) is 4.73.